The Morgan fingerprint density at radius 2 is 2.10 bits per heavy atom. The highest BCUT2D eigenvalue weighted by molar-refractivity contribution is 5.86. The molecule has 0 aliphatic rings. The smallest absolute Gasteiger partial charge is 0.422 e. The molecular weight excluding hydrogens is 260 g/mol. The molecule has 104 valence electrons. The van der Waals surface area contributed by atoms with Gasteiger partial charge in [-0.3, -0.25) is 10.6 Å². The first-order valence-corrected chi connectivity index (χ1v) is 5.94. The first-order valence-electron chi connectivity index (χ1n) is 5.94. The third-order valence-electron chi connectivity index (χ3n) is 2.57. The minimum Gasteiger partial charge on any atom is -0.496 e. The molecule has 0 saturated heterocycles. The summed E-state index contributed by atoms with van der Waals surface area (Å²) in [6.45, 7) is 0. The second kappa shape index (κ2) is 6.42. The van der Waals surface area contributed by atoms with Gasteiger partial charge in [0.05, 0.1) is 19.8 Å². The normalized spacial score (nSPS) is 11.2. The van der Waals surface area contributed by atoms with E-state index in [2.05, 4.69) is 5.16 Å². The van der Waals surface area contributed by atoms with Crippen LogP contribution in [0.2, 0.25) is 0 Å². The number of hydrogen-bond donors (Lipinski definition) is 2. The molecule has 2 rings (SSSR count). The molecule has 0 atom stereocenters. The van der Waals surface area contributed by atoms with Crippen molar-refractivity contribution >= 4 is 11.8 Å². The van der Waals surface area contributed by atoms with Crippen LogP contribution in [0.4, 0.5) is 0 Å². The molecule has 0 aliphatic heterocycles. The van der Waals surface area contributed by atoms with Gasteiger partial charge in [0.1, 0.15) is 5.75 Å². The average Bonchev–Trinajstić information content (AvgIpc) is 2.99. The molecule has 0 spiro atoms. The van der Waals surface area contributed by atoms with Crippen molar-refractivity contribution < 1.29 is 23.9 Å². The van der Waals surface area contributed by atoms with Crippen LogP contribution in [-0.2, 0) is 11.3 Å². The molecule has 0 radical (unpaired) electrons. The fourth-order valence-electron chi connectivity index (χ4n) is 1.65. The van der Waals surface area contributed by atoms with Crippen molar-refractivity contribution in [3.63, 3.8) is 0 Å². The molecule has 6 heteroatoms. The van der Waals surface area contributed by atoms with Gasteiger partial charge in [0.15, 0.2) is 0 Å². The van der Waals surface area contributed by atoms with Crippen LogP contribution < -0.4 is 15.6 Å². The Balaban J connectivity index is 1.99. The highest BCUT2D eigenvalue weighted by Crippen LogP contribution is 2.16. The van der Waals surface area contributed by atoms with Gasteiger partial charge in [-0.05, 0) is 18.2 Å². The van der Waals surface area contributed by atoms with Crippen LogP contribution in [-0.4, -0.2) is 18.9 Å². The van der Waals surface area contributed by atoms with Crippen LogP contribution >= 0.6 is 0 Å². The second-order valence-electron chi connectivity index (χ2n) is 3.98. The Morgan fingerprint density at radius 1 is 1.30 bits per heavy atom. The van der Waals surface area contributed by atoms with Crippen LogP contribution in [0.25, 0.3) is 0 Å². The van der Waals surface area contributed by atoms with E-state index in [1.165, 1.54) is 12.3 Å². The number of benzene rings is 1. The zero-order valence-electron chi connectivity index (χ0n) is 11.0. The molecule has 1 aromatic heterocycles. The van der Waals surface area contributed by atoms with E-state index in [1.807, 2.05) is 24.3 Å². The Labute approximate surface area is 115 Å². The summed E-state index contributed by atoms with van der Waals surface area (Å²) in [6.07, 6.45) is 1.76. The minimum absolute atomic E-state index is 0.0996. The van der Waals surface area contributed by atoms with Crippen LogP contribution in [0.15, 0.2) is 47.1 Å². The van der Waals surface area contributed by atoms with Crippen molar-refractivity contribution in [1.29, 1.82) is 0 Å². The van der Waals surface area contributed by atoms with Crippen LogP contribution in [0.1, 0.15) is 16.1 Å². The van der Waals surface area contributed by atoms with E-state index in [-0.39, 0.29) is 11.6 Å². The van der Waals surface area contributed by atoms with Gasteiger partial charge in [-0.25, -0.2) is 4.79 Å². The van der Waals surface area contributed by atoms with E-state index >= 15 is 0 Å². The number of rotatable bonds is 5. The number of ether oxygens (including phenoxy) is 1. The number of hydrogen-bond acceptors (Lipinski definition) is 4. The lowest BCUT2D eigenvalue weighted by Crippen LogP contribution is -2.75. The summed E-state index contributed by atoms with van der Waals surface area (Å²) in [7, 11) is 1.58. The number of methoxy groups -OCH3 is 1. The molecule has 3 N–H and O–H groups in total. The van der Waals surface area contributed by atoms with E-state index < -0.39 is 5.97 Å². The molecule has 2 aromatic rings. The number of amidine groups is 1. The molecule has 0 aliphatic carbocycles. The fraction of sp³-hybridized carbons (Fsp3) is 0.143. The summed E-state index contributed by atoms with van der Waals surface area (Å²) >= 11 is 0. The minimum atomic E-state index is -0.641. The van der Waals surface area contributed by atoms with Crippen molar-refractivity contribution in [2.75, 3.05) is 7.11 Å². The topological polar surface area (TPSA) is 88.7 Å². The van der Waals surface area contributed by atoms with Crippen LogP contribution in [0.3, 0.4) is 0 Å². The number of para-hydroxylation sites is 1. The molecule has 0 fully saturated rings. The Hall–Kier alpha value is -2.76. The average molecular weight is 275 g/mol. The Kier molecular flexibility index (Phi) is 4.39. The molecule has 0 bridgehead atoms. The second-order valence-corrected chi connectivity index (χ2v) is 3.98. The van der Waals surface area contributed by atoms with Gasteiger partial charge in [0.2, 0.25) is 5.76 Å². The van der Waals surface area contributed by atoms with Gasteiger partial charge in [-0.1, -0.05) is 23.4 Å². The third kappa shape index (κ3) is 3.38. The van der Waals surface area contributed by atoms with E-state index in [0.29, 0.717) is 6.42 Å². The Morgan fingerprint density at radius 3 is 2.80 bits per heavy atom. The monoisotopic (exact) mass is 275 g/mol. The highest BCUT2D eigenvalue weighted by atomic mass is 16.7. The summed E-state index contributed by atoms with van der Waals surface area (Å²) < 4.78 is 10.1. The van der Waals surface area contributed by atoms with Crippen LogP contribution in [0, 0.1) is 0 Å². The van der Waals surface area contributed by atoms with E-state index in [0.717, 1.165) is 11.3 Å². The van der Waals surface area contributed by atoms with Crippen molar-refractivity contribution in [2.24, 2.45) is 5.73 Å². The molecule has 0 amide bonds. The van der Waals surface area contributed by atoms with Crippen molar-refractivity contribution in [2.45, 2.75) is 6.42 Å². The highest BCUT2D eigenvalue weighted by Gasteiger charge is 2.13. The molecule has 1 heterocycles. The fourth-order valence-corrected chi connectivity index (χ4v) is 1.65. The SMILES string of the molecule is COc1ccccc1CC(N)=[NH+]OC(=O)c1ccco1. The number of nitrogens with two attached hydrogens (primary N) is 1. The number of carbonyl (C=O) groups excluding carboxylic acids is 1. The predicted molar refractivity (Wildman–Crippen MR) is 71.0 cm³/mol. The molecule has 20 heavy (non-hydrogen) atoms. The molecule has 1 aromatic carbocycles. The van der Waals surface area contributed by atoms with Gasteiger partial charge in [-0.15, -0.1) is 0 Å². The third-order valence-corrected chi connectivity index (χ3v) is 2.57. The number of nitrogens with one attached hydrogen (secondary N) is 1. The lowest BCUT2D eigenvalue weighted by molar-refractivity contribution is -0.722. The van der Waals surface area contributed by atoms with Gasteiger partial charge in [0.25, 0.3) is 5.84 Å². The summed E-state index contributed by atoms with van der Waals surface area (Å²) in [5, 5.41) is 2.40. The number of furan rings is 1. The van der Waals surface area contributed by atoms with Crippen molar-refractivity contribution in [1.82, 2.24) is 0 Å². The lowest BCUT2D eigenvalue weighted by Gasteiger charge is -2.05. The molecule has 0 unspecified atom stereocenters. The first-order chi connectivity index (χ1) is 9.70. The van der Waals surface area contributed by atoms with Crippen LogP contribution in [0.5, 0.6) is 5.75 Å². The summed E-state index contributed by atoms with van der Waals surface area (Å²) in [6, 6.07) is 10.5. The maximum atomic E-state index is 11.5. The summed E-state index contributed by atoms with van der Waals surface area (Å²) in [5.41, 5.74) is 6.66. The maximum Gasteiger partial charge on any atom is 0.422 e. The van der Waals surface area contributed by atoms with Gasteiger partial charge in [-0.2, -0.15) is 0 Å². The van der Waals surface area contributed by atoms with Gasteiger partial charge in [0, 0.05) is 5.56 Å². The first kappa shape index (κ1) is 13.7. The largest absolute Gasteiger partial charge is 0.496 e. The predicted octanol–water partition coefficient (Wildman–Crippen LogP) is 0.0405. The zero-order valence-corrected chi connectivity index (χ0v) is 11.0. The lowest BCUT2D eigenvalue weighted by atomic mass is 10.1. The number of carbonyl (C=O) groups is 1. The van der Waals surface area contributed by atoms with Gasteiger partial charge >= 0.3 is 5.97 Å². The summed E-state index contributed by atoms with van der Waals surface area (Å²) in [4.78, 5) is 16.3. The quantitative estimate of drug-likeness (QED) is 0.348. The maximum absolute atomic E-state index is 11.5. The van der Waals surface area contributed by atoms with E-state index in [1.54, 1.807) is 13.2 Å². The van der Waals surface area contributed by atoms with Crippen molar-refractivity contribution in [3.8, 4) is 5.75 Å². The van der Waals surface area contributed by atoms with E-state index in [4.69, 9.17) is 19.7 Å². The van der Waals surface area contributed by atoms with E-state index in [9.17, 15) is 4.79 Å². The van der Waals surface area contributed by atoms with Gasteiger partial charge < -0.3 is 9.15 Å². The molecule has 0 saturated carbocycles. The zero-order chi connectivity index (χ0) is 14.4. The molecule has 6 nitrogen and oxygen atoms in total. The summed E-state index contributed by atoms with van der Waals surface area (Å²) in [5.74, 6) is 0.463. The standard InChI is InChI=1S/C14H14N2O4/c1-18-11-6-3-2-5-10(11)9-13(15)16-20-14(17)12-7-4-8-19-12/h2-8H,9H2,1H3,(H2,15,16)/p+1. The van der Waals surface area contributed by atoms with Crippen molar-refractivity contribution in [3.05, 3.63) is 54.0 Å². The molecular formula is C14H15N2O4+. The Bertz CT molecular complexity index is 605.